The van der Waals surface area contributed by atoms with E-state index >= 15 is 0 Å². The summed E-state index contributed by atoms with van der Waals surface area (Å²) < 4.78 is 21.8. The Kier molecular flexibility index (Phi) is 7.43. The maximum absolute atomic E-state index is 5.55. The monoisotopic (exact) mass is 316 g/mol. The first-order valence-electron chi connectivity index (χ1n) is 7.78. The van der Waals surface area contributed by atoms with Gasteiger partial charge in [0.15, 0.2) is 0 Å². The Morgan fingerprint density at radius 3 is 1.35 bits per heavy atom. The topological polar surface area (TPSA) is 36.9 Å². The van der Waals surface area contributed by atoms with Crippen LogP contribution < -0.4 is 9.47 Å². The molecular formula is C19H24O4. The fourth-order valence-corrected chi connectivity index (χ4v) is 1.88. The van der Waals surface area contributed by atoms with Crippen LogP contribution in [0.15, 0.2) is 48.5 Å². The van der Waals surface area contributed by atoms with E-state index in [2.05, 4.69) is 0 Å². The van der Waals surface area contributed by atoms with Gasteiger partial charge in [-0.1, -0.05) is 35.4 Å². The van der Waals surface area contributed by atoms with E-state index in [-0.39, 0.29) is 6.79 Å². The average molecular weight is 316 g/mol. The highest BCUT2D eigenvalue weighted by Gasteiger charge is 1.95. The van der Waals surface area contributed by atoms with Crippen molar-refractivity contribution in [3.63, 3.8) is 0 Å². The van der Waals surface area contributed by atoms with Gasteiger partial charge < -0.3 is 18.9 Å². The van der Waals surface area contributed by atoms with E-state index in [1.54, 1.807) is 0 Å². The number of ether oxygens (including phenoxy) is 4. The third-order valence-electron chi connectivity index (χ3n) is 3.20. The van der Waals surface area contributed by atoms with Gasteiger partial charge >= 0.3 is 0 Å². The lowest BCUT2D eigenvalue weighted by atomic mass is 10.2. The zero-order valence-corrected chi connectivity index (χ0v) is 13.8. The maximum Gasteiger partial charge on any atom is 0.147 e. The number of benzene rings is 2. The summed E-state index contributed by atoms with van der Waals surface area (Å²) in [6, 6.07) is 15.9. The first-order chi connectivity index (χ1) is 11.2. The van der Waals surface area contributed by atoms with E-state index in [0.717, 1.165) is 11.5 Å². The minimum Gasteiger partial charge on any atom is -0.491 e. The second kappa shape index (κ2) is 9.87. The van der Waals surface area contributed by atoms with Gasteiger partial charge in [-0.2, -0.15) is 0 Å². The first-order valence-corrected chi connectivity index (χ1v) is 7.78. The Morgan fingerprint density at radius 2 is 0.957 bits per heavy atom. The number of hydrogen-bond acceptors (Lipinski definition) is 4. The molecule has 0 aliphatic carbocycles. The van der Waals surface area contributed by atoms with Gasteiger partial charge in [0, 0.05) is 0 Å². The fourth-order valence-electron chi connectivity index (χ4n) is 1.88. The zero-order chi connectivity index (χ0) is 16.3. The summed E-state index contributed by atoms with van der Waals surface area (Å²) in [5.41, 5.74) is 2.43. The molecule has 0 aliphatic heterocycles. The third kappa shape index (κ3) is 7.17. The fraction of sp³-hybridized carbons (Fsp3) is 0.368. The zero-order valence-electron chi connectivity index (χ0n) is 13.8. The van der Waals surface area contributed by atoms with Crippen molar-refractivity contribution in [1.82, 2.24) is 0 Å². The summed E-state index contributed by atoms with van der Waals surface area (Å²) in [5, 5.41) is 0. The smallest absolute Gasteiger partial charge is 0.147 e. The molecule has 4 nitrogen and oxygen atoms in total. The van der Waals surface area contributed by atoms with Crippen molar-refractivity contribution < 1.29 is 18.9 Å². The predicted octanol–water partition coefficient (Wildman–Crippen LogP) is 3.75. The molecule has 0 amide bonds. The van der Waals surface area contributed by atoms with Gasteiger partial charge in [0.2, 0.25) is 0 Å². The van der Waals surface area contributed by atoms with E-state index < -0.39 is 0 Å². The highest BCUT2D eigenvalue weighted by atomic mass is 16.7. The predicted molar refractivity (Wildman–Crippen MR) is 90.1 cm³/mol. The third-order valence-corrected chi connectivity index (χ3v) is 3.20. The molecule has 0 bridgehead atoms. The summed E-state index contributed by atoms with van der Waals surface area (Å²) in [5.74, 6) is 1.71. The van der Waals surface area contributed by atoms with Crippen LogP contribution in [0.2, 0.25) is 0 Å². The second-order valence-corrected chi connectivity index (χ2v) is 5.26. The molecule has 0 unspecified atom stereocenters. The molecule has 0 heterocycles. The second-order valence-electron chi connectivity index (χ2n) is 5.26. The van der Waals surface area contributed by atoms with E-state index in [1.165, 1.54) is 11.1 Å². The Balaban J connectivity index is 1.43. The molecule has 0 spiro atoms. The molecule has 0 saturated heterocycles. The van der Waals surface area contributed by atoms with Gasteiger partial charge in [-0.25, -0.2) is 0 Å². The average Bonchev–Trinajstić information content (AvgIpc) is 2.56. The van der Waals surface area contributed by atoms with Crippen LogP contribution in [0.1, 0.15) is 11.1 Å². The number of rotatable bonds is 10. The van der Waals surface area contributed by atoms with Crippen molar-refractivity contribution in [3.8, 4) is 11.5 Å². The molecule has 0 saturated carbocycles. The van der Waals surface area contributed by atoms with Crippen molar-refractivity contribution in [2.45, 2.75) is 13.8 Å². The van der Waals surface area contributed by atoms with Crippen LogP contribution in [0.5, 0.6) is 11.5 Å². The number of aryl methyl sites for hydroxylation is 2. The van der Waals surface area contributed by atoms with Gasteiger partial charge in [0.25, 0.3) is 0 Å². The molecule has 2 aromatic carbocycles. The summed E-state index contributed by atoms with van der Waals surface area (Å²) in [6.45, 7) is 6.34. The van der Waals surface area contributed by atoms with Crippen LogP contribution in [0.25, 0.3) is 0 Å². The summed E-state index contributed by atoms with van der Waals surface area (Å²) in [6.07, 6.45) is 0. The molecule has 4 heteroatoms. The van der Waals surface area contributed by atoms with Crippen molar-refractivity contribution in [2.24, 2.45) is 0 Å². The molecule has 2 rings (SSSR count). The van der Waals surface area contributed by atoms with Gasteiger partial charge in [-0.05, 0) is 38.1 Å². The lowest BCUT2D eigenvalue weighted by molar-refractivity contribution is -0.0662. The van der Waals surface area contributed by atoms with E-state index in [1.807, 2.05) is 62.4 Å². The van der Waals surface area contributed by atoms with Crippen LogP contribution in [0, 0.1) is 13.8 Å². The molecule has 0 atom stereocenters. The van der Waals surface area contributed by atoms with Crippen molar-refractivity contribution >= 4 is 0 Å². The van der Waals surface area contributed by atoms with Crippen LogP contribution >= 0.6 is 0 Å². The molecule has 2 aromatic rings. The molecule has 23 heavy (non-hydrogen) atoms. The van der Waals surface area contributed by atoms with Crippen molar-refractivity contribution in [2.75, 3.05) is 33.2 Å². The Labute approximate surface area is 137 Å². The minimum absolute atomic E-state index is 0.245. The molecule has 0 radical (unpaired) electrons. The van der Waals surface area contributed by atoms with E-state index in [0.29, 0.717) is 26.4 Å². The van der Waals surface area contributed by atoms with Crippen molar-refractivity contribution in [3.05, 3.63) is 59.7 Å². The first kappa shape index (κ1) is 17.3. The molecule has 0 N–H and O–H groups in total. The normalized spacial score (nSPS) is 10.5. The Bertz CT molecular complexity index is 497. The van der Waals surface area contributed by atoms with Crippen molar-refractivity contribution in [1.29, 1.82) is 0 Å². The molecule has 0 aromatic heterocycles. The largest absolute Gasteiger partial charge is 0.491 e. The van der Waals surface area contributed by atoms with Gasteiger partial charge in [0.1, 0.15) is 31.5 Å². The molecular weight excluding hydrogens is 292 g/mol. The summed E-state index contributed by atoms with van der Waals surface area (Å²) in [7, 11) is 0. The lowest BCUT2D eigenvalue weighted by Crippen LogP contribution is -2.12. The minimum atomic E-state index is 0.245. The maximum atomic E-state index is 5.55. The standard InChI is InChI=1S/C19H24O4/c1-16-3-7-18(8-4-16)22-13-11-20-15-21-12-14-23-19-9-5-17(2)6-10-19/h3-10H,11-15H2,1-2H3. The van der Waals surface area contributed by atoms with Crippen LogP contribution in [0.3, 0.4) is 0 Å². The van der Waals surface area contributed by atoms with Crippen LogP contribution in [-0.4, -0.2) is 33.2 Å². The highest BCUT2D eigenvalue weighted by Crippen LogP contribution is 2.11. The van der Waals surface area contributed by atoms with Crippen LogP contribution in [0.4, 0.5) is 0 Å². The lowest BCUT2D eigenvalue weighted by Gasteiger charge is -2.09. The van der Waals surface area contributed by atoms with Gasteiger partial charge in [-0.3, -0.25) is 0 Å². The van der Waals surface area contributed by atoms with Crippen LogP contribution in [-0.2, 0) is 9.47 Å². The van der Waals surface area contributed by atoms with Gasteiger partial charge in [-0.15, -0.1) is 0 Å². The SMILES string of the molecule is Cc1ccc(OCCOCOCCOc2ccc(C)cc2)cc1. The van der Waals surface area contributed by atoms with E-state index in [4.69, 9.17) is 18.9 Å². The summed E-state index contributed by atoms with van der Waals surface area (Å²) >= 11 is 0. The number of hydrogen-bond donors (Lipinski definition) is 0. The highest BCUT2D eigenvalue weighted by molar-refractivity contribution is 5.26. The Hall–Kier alpha value is -2.04. The van der Waals surface area contributed by atoms with E-state index in [9.17, 15) is 0 Å². The summed E-state index contributed by atoms with van der Waals surface area (Å²) in [4.78, 5) is 0. The quantitative estimate of drug-likeness (QED) is 0.494. The Morgan fingerprint density at radius 1 is 0.565 bits per heavy atom. The molecule has 0 fully saturated rings. The van der Waals surface area contributed by atoms with Gasteiger partial charge in [0.05, 0.1) is 13.2 Å². The molecule has 0 aliphatic rings. The molecule has 124 valence electrons.